The fourth-order valence-electron chi connectivity index (χ4n) is 1.51. The van der Waals surface area contributed by atoms with Gasteiger partial charge in [0.1, 0.15) is 5.75 Å². The lowest BCUT2D eigenvalue weighted by molar-refractivity contribution is 0.410. The summed E-state index contributed by atoms with van der Waals surface area (Å²) in [5.41, 5.74) is 9.03. The van der Waals surface area contributed by atoms with Crippen LogP contribution in [0.5, 0.6) is 5.75 Å². The van der Waals surface area contributed by atoms with Crippen LogP contribution in [0.1, 0.15) is 18.1 Å². The van der Waals surface area contributed by atoms with E-state index in [4.69, 9.17) is 16.1 Å². The fourth-order valence-corrected chi connectivity index (χ4v) is 1.51. The smallest absolute Gasteiger partial charge is 0.174 e. The van der Waals surface area contributed by atoms with Gasteiger partial charge in [0.25, 0.3) is 0 Å². The summed E-state index contributed by atoms with van der Waals surface area (Å²) in [5.74, 6) is 6.29. The molecule has 0 aliphatic heterocycles. The third-order valence-corrected chi connectivity index (χ3v) is 2.37. The molecule has 5 nitrogen and oxygen atoms in total. The minimum Gasteiger partial charge on any atom is -0.496 e. The number of hydrazone groups is 1. The highest BCUT2D eigenvalue weighted by Crippen LogP contribution is 2.20. The molecule has 5 heteroatoms. The summed E-state index contributed by atoms with van der Waals surface area (Å²) in [7, 11) is 1.65. The van der Waals surface area contributed by atoms with E-state index in [2.05, 4.69) is 17.1 Å². The standard InChI is InChI=1S/C11H16N4O/c1-3-9-6-8(4-5-10(9)16-2)7-11(14-12)15-13/h4-6,12H,3,7,13H2,1-2H3. The molecule has 0 bridgehead atoms. The number of nitrogens with one attached hydrogen (secondary N) is 1. The number of nitrogens with two attached hydrogens (primary N) is 1. The zero-order chi connectivity index (χ0) is 12.0. The van der Waals surface area contributed by atoms with Crippen LogP contribution >= 0.6 is 0 Å². The summed E-state index contributed by atoms with van der Waals surface area (Å²) >= 11 is 0. The van der Waals surface area contributed by atoms with Gasteiger partial charge in [-0.25, -0.2) is 5.53 Å². The van der Waals surface area contributed by atoms with Crippen molar-refractivity contribution in [2.45, 2.75) is 19.8 Å². The lowest BCUT2D eigenvalue weighted by Crippen LogP contribution is -2.03. The van der Waals surface area contributed by atoms with Crippen molar-refractivity contribution in [3.63, 3.8) is 0 Å². The van der Waals surface area contributed by atoms with Gasteiger partial charge in [-0.1, -0.05) is 19.1 Å². The number of hydrogen-bond acceptors (Lipinski definition) is 4. The van der Waals surface area contributed by atoms with Gasteiger partial charge in [-0.2, -0.15) is 5.10 Å². The Labute approximate surface area is 94.8 Å². The highest BCUT2D eigenvalue weighted by atomic mass is 16.5. The molecule has 0 atom stereocenters. The van der Waals surface area contributed by atoms with Gasteiger partial charge in [-0.3, -0.25) is 0 Å². The number of methoxy groups -OCH3 is 1. The number of benzene rings is 1. The van der Waals surface area contributed by atoms with Gasteiger partial charge >= 0.3 is 0 Å². The second-order valence-electron chi connectivity index (χ2n) is 3.33. The summed E-state index contributed by atoms with van der Waals surface area (Å²) in [4.78, 5) is 0. The van der Waals surface area contributed by atoms with E-state index in [-0.39, 0.29) is 0 Å². The van der Waals surface area contributed by atoms with Crippen molar-refractivity contribution in [2.75, 3.05) is 7.11 Å². The van der Waals surface area contributed by atoms with E-state index >= 15 is 0 Å². The predicted molar refractivity (Wildman–Crippen MR) is 62.8 cm³/mol. The van der Waals surface area contributed by atoms with E-state index in [9.17, 15) is 0 Å². The monoisotopic (exact) mass is 220 g/mol. The number of amidine groups is 1. The molecule has 0 amide bonds. The molecule has 0 aromatic heterocycles. The number of ether oxygens (including phenoxy) is 1. The Morgan fingerprint density at radius 1 is 1.50 bits per heavy atom. The minimum absolute atomic E-state index is 0.312. The van der Waals surface area contributed by atoms with E-state index in [1.54, 1.807) is 7.11 Å². The molecular weight excluding hydrogens is 204 g/mol. The predicted octanol–water partition coefficient (Wildman–Crippen LogP) is 2.10. The van der Waals surface area contributed by atoms with Gasteiger partial charge in [-0.05, 0) is 23.6 Å². The van der Waals surface area contributed by atoms with Gasteiger partial charge in [0.2, 0.25) is 0 Å². The molecule has 0 fully saturated rings. The molecule has 0 heterocycles. The first-order chi connectivity index (χ1) is 7.74. The molecular formula is C11H16N4O. The maximum absolute atomic E-state index is 6.88. The SMILES string of the molecule is CCc1cc(CC(N=N)=NN)ccc1OC. The number of aryl methyl sites for hydroxylation is 1. The highest BCUT2D eigenvalue weighted by Gasteiger charge is 2.05. The highest BCUT2D eigenvalue weighted by molar-refractivity contribution is 5.84. The van der Waals surface area contributed by atoms with E-state index in [1.165, 1.54) is 0 Å². The molecule has 3 N–H and O–H groups in total. The first-order valence-electron chi connectivity index (χ1n) is 5.05. The Hall–Kier alpha value is -1.91. The third-order valence-electron chi connectivity index (χ3n) is 2.37. The van der Waals surface area contributed by atoms with Gasteiger partial charge in [0, 0.05) is 6.42 Å². The average Bonchev–Trinajstić information content (AvgIpc) is 2.35. The Bertz CT molecular complexity index is 401. The summed E-state index contributed by atoms with van der Waals surface area (Å²) < 4.78 is 5.23. The van der Waals surface area contributed by atoms with Crippen LogP contribution in [0.2, 0.25) is 0 Å². The van der Waals surface area contributed by atoms with Crippen LogP contribution in [0.3, 0.4) is 0 Å². The quantitative estimate of drug-likeness (QED) is 0.268. The third kappa shape index (κ3) is 2.79. The Kier molecular flexibility index (Phi) is 4.44. The van der Waals surface area contributed by atoms with Crippen LogP contribution in [0.25, 0.3) is 0 Å². The molecule has 0 spiro atoms. The largest absolute Gasteiger partial charge is 0.496 e. The molecule has 0 aliphatic carbocycles. The van der Waals surface area contributed by atoms with Crippen molar-refractivity contribution in [1.82, 2.24) is 0 Å². The zero-order valence-electron chi connectivity index (χ0n) is 9.53. The van der Waals surface area contributed by atoms with E-state index in [1.807, 2.05) is 18.2 Å². The number of hydrogen-bond donors (Lipinski definition) is 2. The summed E-state index contributed by atoms with van der Waals surface area (Å²) in [6.07, 6.45) is 1.36. The summed E-state index contributed by atoms with van der Waals surface area (Å²) in [6, 6.07) is 5.86. The Morgan fingerprint density at radius 2 is 2.25 bits per heavy atom. The number of nitrogens with zero attached hydrogens (tertiary/aromatic N) is 2. The van der Waals surface area contributed by atoms with Gasteiger partial charge in [-0.15, -0.1) is 5.11 Å². The second kappa shape index (κ2) is 5.85. The first kappa shape index (κ1) is 12.2. The van der Waals surface area contributed by atoms with Gasteiger partial charge in [0.05, 0.1) is 7.11 Å². The molecule has 0 saturated carbocycles. The van der Waals surface area contributed by atoms with Crippen molar-refractivity contribution >= 4 is 5.84 Å². The van der Waals surface area contributed by atoms with Crippen LogP contribution in [-0.2, 0) is 12.8 Å². The summed E-state index contributed by atoms with van der Waals surface area (Å²) in [5, 5.41) is 6.67. The molecule has 1 aromatic carbocycles. The Morgan fingerprint density at radius 3 is 2.75 bits per heavy atom. The van der Waals surface area contributed by atoms with Gasteiger partial charge < -0.3 is 10.6 Å². The Balaban J connectivity index is 2.95. The topological polar surface area (TPSA) is 83.8 Å². The van der Waals surface area contributed by atoms with Crippen molar-refractivity contribution in [3.8, 4) is 5.75 Å². The molecule has 16 heavy (non-hydrogen) atoms. The zero-order valence-corrected chi connectivity index (χ0v) is 9.53. The molecule has 86 valence electrons. The van der Waals surface area contributed by atoms with Crippen LogP contribution in [0.4, 0.5) is 0 Å². The maximum Gasteiger partial charge on any atom is 0.174 e. The minimum atomic E-state index is 0.312. The van der Waals surface area contributed by atoms with Crippen molar-refractivity contribution in [3.05, 3.63) is 29.3 Å². The number of rotatable bonds is 4. The average molecular weight is 220 g/mol. The van der Waals surface area contributed by atoms with E-state index in [0.717, 1.165) is 23.3 Å². The molecule has 0 unspecified atom stereocenters. The first-order valence-corrected chi connectivity index (χ1v) is 5.05. The van der Waals surface area contributed by atoms with Gasteiger partial charge in [0.15, 0.2) is 5.84 Å². The van der Waals surface area contributed by atoms with Crippen molar-refractivity contribution in [1.29, 1.82) is 5.53 Å². The fraction of sp³-hybridized carbons (Fsp3) is 0.364. The summed E-state index contributed by atoms with van der Waals surface area (Å²) in [6.45, 7) is 2.06. The van der Waals surface area contributed by atoms with Crippen LogP contribution in [0, 0.1) is 5.53 Å². The molecule has 0 aliphatic rings. The van der Waals surface area contributed by atoms with E-state index in [0.29, 0.717) is 12.3 Å². The molecule has 1 rings (SSSR count). The lowest BCUT2D eigenvalue weighted by Gasteiger charge is -2.08. The van der Waals surface area contributed by atoms with Crippen LogP contribution in [0.15, 0.2) is 28.4 Å². The maximum atomic E-state index is 6.88. The molecule has 0 radical (unpaired) electrons. The lowest BCUT2D eigenvalue weighted by atomic mass is 10.0. The van der Waals surface area contributed by atoms with Crippen LogP contribution < -0.4 is 10.6 Å². The molecule has 0 saturated heterocycles. The van der Waals surface area contributed by atoms with Crippen molar-refractivity contribution < 1.29 is 4.74 Å². The normalized spacial score (nSPS) is 11.2. The molecule has 1 aromatic rings. The second-order valence-corrected chi connectivity index (χ2v) is 3.33. The van der Waals surface area contributed by atoms with Crippen LogP contribution in [-0.4, -0.2) is 12.9 Å². The van der Waals surface area contributed by atoms with E-state index < -0.39 is 0 Å². The van der Waals surface area contributed by atoms with Crippen molar-refractivity contribution in [2.24, 2.45) is 16.1 Å².